The van der Waals surface area contributed by atoms with Gasteiger partial charge in [0.05, 0.1) is 0 Å². The van der Waals surface area contributed by atoms with Crippen molar-refractivity contribution in [2.45, 2.75) is 7.25 Å². The van der Waals surface area contributed by atoms with Crippen molar-refractivity contribution < 1.29 is 26.8 Å². The Morgan fingerprint density at radius 3 is 1.24 bits per heavy atom. The Hall–Kier alpha value is -3.00. The number of hydrogen-bond acceptors (Lipinski definition) is 2. The molecule has 0 radical (unpaired) electrons. The summed E-state index contributed by atoms with van der Waals surface area (Å²) in [5, 5.41) is 0. The fourth-order valence-electron chi connectivity index (χ4n) is 3.52. The molecule has 0 bridgehead atoms. The Kier molecular flexibility index (Phi) is 5.71. The summed E-state index contributed by atoms with van der Waals surface area (Å²) in [6.07, 6.45) is 28.0. The monoisotopic (exact) mass is 454 g/mol. The van der Waals surface area contributed by atoms with Crippen molar-refractivity contribution in [1.29, 1.82) is 0 Å². The SMILES string of the molecule is C#Cc1ccc([O][Zr]([O]c2ccc(C#C)cc2)([CH]2C=CC=C2)[CH]2C=CC=C2)cc1. The quantitative estimate of drug-likeness (QED) is 0.504. The van der Waals surface area contributed by atoms with Gasteiger partial charge in [-0.3, -0.25) is 0 Å². The number of terminal acetylenes is 2. The Balaban J connectivity index is 1.76. The van der Waals surface area contributed by atoms with Gasteiger partial charge in [-0.15, -0.1) is 0 Å². The molecule has 3 heteroatoms. The molecule has 140 valence electrons. The van der Waals surface area contributed by atoms with Crippen LogP contribution >= 0.6 is 0 Å². The van der Waals surface area contributed by atoms with Gasteiger partial charge in [-0.05, 0) is 0 Å². The van der Waals surface area contributed by atoms with E-state index < -0.39 is 21.1 Å². The second-order valence-electron chi connectivity index (χ2n) is 6.85. The predicted molar refractivity (Wildman–Crippen MR) is 114 cm³/mol. The van der Waals surface area contributed by atoms with Gasteiger partial charge in [0, 0.05) is 0 Å². The summed E-state index contributed by atoms with van der Waals surface area (Å²) in [7, 11) is 0. The molecule has 0 fully saturated rings. The second kappa shape index (κ2) is 8.57. The molecule has 0 amide bonds. The summed E-state index contributed by atoms with van der Waals surface area (Å²) < 4.78 is 13.9. The second-order valence-corrected chi connectivity index (χ2v) is 14.7. The van der Waals surface area contributed by atoms with E-state index in [4.69, 9.17) is 18.5 Å². The van der Waals surface area contributed by atoms with E-state index in [0.29, 0.717) is 0 Å². The first-order chi connectivity index (χ1) is 14.2. The van der Waals surface area contributed by atoms with Crippen LogP contribution in [0.1, 0.15) is 11.1 Å². The van der Waals surface area contributed by atoms with Crippen LogP contribution in [0.2, 0.25) is 7.25 Å². The van der Waals surface area contributed by atoms with Gasteiger partial charge in [-0.2, -0.15) is 0 Å². The van der Waals surface area contributed by atoms with Gasteiger partial charge in [-0.25, -0.2) is 0 Å². The molecule has 2 nitrogen and oxygen atoms in total. The Labute approximate surface area is 177 Å². The van der Waals surface area contributed by atoms with Crippen molar-refractivity contribution in [3.05, 3.63) is 108 Å². The zero-order valence-electron chi connectivity index (χ0n) is 15.9. The van der Waals surface area contributed by atoms with Gasteiger partial charge in [0.25, 0.3) is 0 Å². The molecule has 2 aliphatic carbocycles. The van der Waals surface area contributed by atoms with Gasteiger partial charge in [0.1, 0.15) is 0 Å². The summed E-state index contributed by atoms with van der Waals surface area (Å²) in [5.74, 6) is 6.85. The van der Waals surface area contributed by atoms with E-state index in [-0.39, 0.29) is 7.25 Å². The van der Waals surface area contributed by atoms with Crippen LogP contribution in [-0.4, -0.2) is 0 Å². The van der Waals surface area contributed by atoms with E-state index in [9.17, 15) is 0 Å². The fraction of sp³-hybridized carbons (Fsp3) is 0.0769. The Morgan fingerprint density at radius 2 is 0.931 bits per heavy atom. The molecule has 29 heavy (non-hydrogen) atoms. The molecule has 2 aliphatic rings. The first kappa shape index (κ1) is 19.3. The van der Waals surface area contributed by atoms with Gasteiger partial charge in [0.15, 0.2) is 0 Å². The van der Waals surface area contributed by atoms with Crippen molar-refractivity contribution >= 4 is 0 Å². The number of benzene rings is 2. The molecule has 2 aromatic carbocycles. The van der Waals surface area contributed by atoms with Gasteiger partial charge < -0.3 is 0 Å². The maximum absolute atomic E-state index is 6.80. The van der Waals surface area contributed by atoms with Gasteiger partial charge in [0.2, 0.25) is 0 Å². The molecular weight excluding hydrogens is 436 g/mol. The van der Waals surface area contributed by atoms with Crippen molar-refractivity contribution in [3.8, 4) is 36.2 Å². The maximum atomic E-state index is 6.80. The van der Waals surface area contributed by atoms with Crippen LogP contribution in [0.5, 0.6) is 11.5 Å². The van der Waals surface area contributed by atoms with E-state index >= 15 is 0 Å². The molecule has 2 aromatic rings. The molecule has 0 atom stereocenters. The summed E-state index contributed by atoms with van der Waals surface area (Å²) in [6.45, 7) is 0. The van der Waals surface area contributed by atoms with Crippen LogP contribution < -0.4 is 5.63 Å². The van der Waals surface area contributed by atoms with Crippen LogP contribution in [0, 0.1) is 24.7 Å². The minimum atomic E-state index is -3.90. The van der Waals surface area contributed by atoms with Crippen LogP contribution in [0.3, 0.4) is 0 Å². The van der Waals surface area contributed by atoms with Gasteiger partial charge in [-0.1, -0.05) is 0 Å². The van der Waals surface area contributed by atoms with Crippen LogP contribution in [0.15, 0.2) is 97.1 Å². The normalized spacial score (nSPS) is 15.4. The summed E-state index contributed by atoms with van der Waals surface area (Å²) >= 11 is -3.90. The molecule has 0 N–H and O–H groups in total. The van der Waals surface area contributed by atoms with Gasteiger partial charge >= 0.3 is 178 Å². The van der Waals surface area contributed by atoms with E-state index in [1.54, 1.807) is 0 Å². The first-order valence-electron chi connectivity index (χ1n) is 9.45. The van der Waals surface area contributed by atoms with E-state index in [0.717, 1.165) is 22.6 Å². The third-order valence-corrected chi connectivity index (χ3v) is 14.2. The number of rotatable bonds is 6. The zero-order valence-corrected chi connectivity index (χ0v) is 18.3. The van der Waals surface area contributed by atoms with Crippen molar-refractivity contribution in [2.24, 2.45) is 0 Å². The van der Waals surface area contributed by atoms with Crippen molar-refractivity contribution in [1.82, 2.24) is 0 Å². The summed E-state index contributed by atoms with van der Waals surface area (Å²) in [4.78, 5) is 0. The molecule has 0 saturated heterocycles. The fourth-order valence-corrected chi connectivity index (χ4v) is 12.3. The molecule has 4 rings (SSSR count). The minimum absolute atomic E-state index is 0.126. The topological polar surface area (TPSA) is 18.5 Å². The van der Waals surface area contributed by atoms with Crippen LogP contribution in [-0.2, 0) is 21.1 Å². The average molecular weight is 456 g/mol. The third kappa shape index (κ3) is 4.07. The molecule has 0 aliphatic heterocycles. The van der Waals surface area contributed by atoms with E-state index in [1.165, 1.54) is 0 Å². The summed E-state index contributed by atoms with van der Waals surface area (Å²) in [6, 6.07) is 15.3. The summed E-state index contributed by atoms with van der Waals surface area (Å²) in [5.41, 5.74) is 1.65. The standard InChI is InChI=1S/2C8H6O.2C5H5.Zr/c2*1-2-7-3-5-8(9)6-4-7;2*1-2-4-5-3-1;/h2*1,3-6,9H;2*1-5H;/q;;;;+2/p-2. The third-order valence-electron chi connectivity index (χ3n) is 5.02. The Morgan fingerprint density at radius 1 is 0.586 bits per heavy atom. The molecule has 0 heterocycles. The first-order valence-corrected chi connectivity index (χ1v) is 14.3. The van der Waals surface area contributed by atoms with Crippen molar-refractivity contribution in [3.63, 3.8) is 0 Å². The molecular formula is C26H20O2Zr. The predicted octanol–water partition coefficient (Wildman–Crippen LogP) is 5.92. The number of allylic oxidation sites excluding steroid dienone is 8. The van der Waals surface area contributed by atoms with Crippen LogP contribution in [0.4, 0.5) is 0 Å². The Bertz CT molecular complexity index is 960. The number of hydrogen-bond donors (Lipinski definition) is 0. The molecule has 0 spiro atoms. The van der Waals surface area contributed by atoms with E-state index in [2.05, 4.69) is 60.4 Å². The van der Waals surface area contributed by atoms with Crippen LogP contribution in [0.25, 0.3) is 0 Å². The molecule has 0 aromatic heterocycles. The molecule has 0 unspecified atom stereocenters. The zero-order chi connectivity index (χ0) is 20.1. The van der Waals surface area contributed by atoms with E-state index in [1.807, 2.05) is 48.5 Å². The van der Waals surface area contributed by atoms with Crippen molar-refractivity contribution in [2.75, 3.05) is 0 Å². The average Bonchev–Trinajstić information content (AvgIpc) is 3.49. The molecule has 0 saturated carbocycles.